The number of thiophene rings is 2. The molecule has 22 heavy (non-hydrogen) atoms. The van der Waals surface area contributed by atoms with E-state index >= 15 is 0 Å². The van der Waals surface area contributed by atoms with Crippen LogP contribution in [0.25, 0.3) is 0 Å². The van der Waals surface area contributed by atoms with Crippen molar-refractivity contribution in [3.63, 3.8) is 0 Å². The second-order valence-corrected chi connectivity index (χ2v) is 8.69. The molecule has 1 amide bonds. The van der Waals surface area contributed by atoms with Gasteiger partial charge >= 0.3 is 5.97 Å². The first-order valence-corrected chi connectivity index (χ1v) is 9.88. The Labute approximate surface area is 153 Å². The molecule has 0 aliphatic heterocycles. The van der Waals surface area contributed by atoms with Crippen molar-refractivity contribution in [1.29, 1.82) is 0 Å². The highest BCUT2D eigenvalue weighted by Crippen LogP contribution is 2.45. The monoisotopic (exact) mass is 439 g/mol. The van der Waals surface area contributed by atoms with Crippen molar-refractivity contribution < 1.29 is 14.3 Å². The summed E-state index contributed by atoms with van der Waals surface area (Å²) >= 11 is 13.4. The average Bonchev–Trinajstić information content (AvgIpc) is 3.06. The van der Waals surface area contributed by atoms with Crippen LogP contribution in [-0.4, -0.2) is 24.9 Å². The van der Waals surface area contributed by atoms with Crippen LogP contribution in [-0.2, 0) is 9.53 Å². The largest absolute Gasteiger partial charge is 0.465 e. The predicted molar refractivity (Wildman–Crippen MR) is 95.8 cm³/mol. The number of ether oxygens (including phenoxy) is 1. The third-order valence-corrected chi connectivity index (χ3v) is 7.29. The fourth-order valence-corrected chi connectivity index (χ4v) is 5.75. The van der Waals surface area contributed by atoms with Crippen LogP contribution in [0, 0.1) is 0 Å². The van der Waals surface area contributed by atoms with Gasteiger partial charge in [-0.3, -0.25) is 4.79 Å². The smallest absolute Gasteiger partial charge is 0.348 e. The van der Waals surface area contributed by atoms with Crippen molar-refractivity contribution in [3.05, 3.63) is 26.9 Å². The Morgan fingerprint density at radius 2 is 2.23 bits per heavy atom. The van der Waals surface area contributed by atoms with Crippen molar-refractivity contribution in [3.8, 4) is 0 Å². The molecule has 0 aromatic carbocycles. The third kappa shape index (κ3) is 4.48. The Morgan fingerprint density at radius 1 is 1.45 bits per heavy atom. The maximum absolute atomic E-state index is 11.8. The molecular formula is C13H11BrClNO3S3. The molecule has 9 heteroatoms. The van der Waals surface area contributed by atoms with Gasteiger partial charge in [-0.25, -0.2) is 4.79 Å². The summed E-state index contributed by atoms with van der Waals surface area (Å²) < 4.78 is 7.59. The third-order valence-electron chi connectivity index (χ3n) is 2.45. The molecule has 0 radical (unpaired) electrons. The minimum Gasteiger partial charge on any atom is -0.465 e. The van der Waals surface area contributed by atoms with Crippen molar-refractivity contribution in [2.75, 3.05) is 18.3 Å². The van der Waals surface area contributed by atoms with Gasteiger partial charge in [-0.2, -0.15) is 0 Å². The predicted octanol–water partition coefficient (Wildman–Crippen LogP) is 5.08. The Balaban J connectivity index is 2.28. The number of methoxy groups -OCH3 is 1. The summed E-state index contributed by atoms with van der Waals surface area (Å²) in [6, 6.07) is 3.58. The van der Waals surface area contributed by atoms with Gasteiger partial charge in [0.05, 0.1) is 21.2 Å². The summed E-state index contributed by atoms with van der Waals surface area (Å²) in [5.41, 5.74) is 0.603. The molecule has 0 atom stereocenters. The molecule has 2 rings (SSSR count). The zero-order valence-electron chi connectivity index (χ0n) is 11.4. The summed E-state index contributed by atoms with van der Waals surface area (Å²) in [7, 11) is 1.33. The molecule has 0 bridgehead atoms. The van der Waals surface area contributed by atoms with E-state index < -0.39 is 5.97 Å². The first kappa shape index (κ1) is 17.8. The van der Waals surface area contributed by atoms with Gasteiger partial charge in [0.15, 0.2) is 0 Å². The molecule has 118 valence electrons. The van der Waals surface area contributed by atoms with E-state index in [2.05, 4.69) is 21.2 Å². The van der Waals surface area contributed by atoms with Crippen LogP contribution in [0.5, 0.6) is 0 Å². The molecule has 0 saturated heterocycles. The quantitative estimate of drug-likeness (QED) is 0.503. The van der Waals surface area contributed by atoms with E-state index in [0.29, 0.717) is 10.6 Å². The van der Waals surface area contributed by atoms with Crippen molar-refractivity contribution >= 4 is 79.5 Å². The first-order chi connectivity index (χ1) is 10.5. The number of anilines is 1. The number of halogens is 2. The number of carbonyl (C=O) groups is 2. The Morgan fingerprint density at radius 3 is 2.82 bits per heavy atom. The van der Waals surface area contributed by atoms with Gasteiger partial charge in [-0.05, 0) is 33.4 Å². The minimum atomic E-state index is -0.421. The molecule has 0 aliphatic rings. The van der Waals surface area contributed by atoms with Crippen LogP contribution >= 0.6 is 62.0 Å². The molecule has 0 saturated carbocycles. The number of hydrogen-bond donors (Lipinski definition) is 1. The Hall–Kier alpha value is -0.540. The number of esters is 1. The number of rotatable bonds is 6. The molecule has 0 spiro atoms. The van der Waals surface area contributed by atoms with E-state index in [4.69, 9.17) is 16.3 Å². The zero-order chi connectivity index (χ0) is 16.1. The minimum absolute atomic E-state index is 0.184. The Bertz CT molecular complexity index is 686. The average molecular weight is 441 g/mol. The topological polar surface area (TPSA) is 55.4 Å². The van der Waals surface area contributed by atoms with Crippen LogP contribution in [0.15, 0.2) is 30.4 Å². The summed E-state index contributed by atoms with van der Waals surface area (Å²) in [4.78, 5) is 23.9. The van der Waals surface area contributed by atoms with Crippen molar-refractivity contribution in [1.82, 2.24) is 0 Å². The van der Waals surface area contributed by atoms with E-state index in [0.717, 1.165) is 12.9 Å². The molecule has 0 fully saturated rings. The number of carbonyl (C=O) groups excluding carboxylic acids is 2. The van der Waals surface area contributed by atoms with E-state index in [-0.39, 0.29) is 18.2 Å². The zero-order valence-corrected chi connectivity index (χ0v) is 16.1. The summed E-state index contributed by atoms with van der Waals surface area (Å²) in [6.07, 6.45) is 0.220. The highest BCUT2D eigenvalue weighted by Gasteiger charge is 2.18. The molecule has 4 nitrogen and oxygen atoms in total. The lowest BCUT2D eigenvalue weighted by Crippen LogP contribution is -2.11. The molecule has 1 N–H and O–H groups in total. The lowest BCUT2D eigenvalue weighted by atomic mass is 10.4. The molecule has 2 aromatic heterocycles. The standard InChI is InChI=1S/C13H11BrClNO3S3/c1-19-11(18)9-6-8(16-10(17)2-4-15)13(21-9)22-12-7(14)3-5-20-12/h3,5-6H,2,4H2,1H3,(H,16,17). The van der Waals surface area contributed by atoms with Crippen molar-refractivity contribution in [2.45, 2.75) is 14.8 Å². The van der Waals surface area contributed by atoms with E-state index in [1.807, 2.05) is 11.4 Å². The maximum Gasteiger partial charge on any atom is 0.348 e. The van der Waals surface area contributed by atoms with Crippen LogP contribution in [0.2, 0.25) is 0 Å². The van der Waals surface area contributed by atoms with Gasteiger partial charge in [-0.1, -0.05) is 11.8 Å². The van der Waals surface area contributed by atoms with Gasteiger partial charge < -0.3 is 10.1 Å². The number of nitrogens with one attached hydrogen (secondary N) is 1. The van der Waals surface area contributed by atoms with Gasteiger partial charge in [-0.15, -0.1) is 34.3 Å². The van der Waals surface area contributed by atoms with Gasteiger partial charge in [0.1, 0.15) is 4.88 Å². The molecular weight excluding hydrogens is 430 g/mol. The fraction of sp³-hybridized carbons (Fsp3) is 0.231. The highest BCUT2D eigenvalue weighted by molar-refractivity contribution is 9.10. The molecule has 2 aromatic rings. The lowest BCUT2D eigenvalue weighted by molar-refractivity contribution is -0.115. The molecule has 0 aliphatic carbocycles. The van der Waals surface area contributed by atoms with Gasteiger partial charge in [0, 0.05) is 16.8 Å². The van der Waals surface area contributed by atoms with Crippen LogP contribution in [0.3, 0.4) is 0 Å². The Kier molecular flexibility index (Phi) is 6.76. The second-order valence-electron chi connectivity index (χ2n) is 3.95. The number of hydrogen-bond acceptors (Lipinski definition) is 6. The summed E-state index contributed by atoms with van der Waals surface area (Å²) in [6.45, 7) is 0. The van der Waals surface area contributed by atoms with Crippen LogP contribution < -0.4 is 5.32 Å². The van der Waals surface area contributed by atoms with Gasteiger partial charge in [0.2, 0.25) is 5.91 Å². The summed E-state index contributed by atoms with van der Waals surface area (Å²) in [5, 5.41) is 4.76. The van der Waals surface area contributed by atoms with E-state index in [9.17, 15) is 9.59 Å². The first-order valence-electron chi connectivity index (χ1n) is 6.04. The van der Waals surface area contributed by atoms with Crippen LogP contribution in [0.4, 0.5) is 5.69 Å². The maximum atomic E-state index is 11.8. The van der Waals surface area contributed by atoms with E-state index in [1.54, 1.807) is 17.4 Å². The molecule has 2 heterocycles. The fourth-order valence-electron chi connectivity index (χ4n) is 1.47. The van der Waals surface area contributed by atoms with Crippen molar-refractivity contribution in [2.24, 2.45) is 0 Å². The van der Waals surface area contributed by atoms with Crippen LogP contribution in [0.1, 0.15) is 16.1 Å². The normalized spacial score (nSPS) is 10.5. The lowest BCUT2D eigenvalue weighted by Gasteiger charge is -2.04. The number of alkyl halides is 1. The molecule has 0 unspecified atom stereocenters. The SMILES string of the molecule is COC(=O)c1cc(NC(=O)CCCl)c(Sc2sccc2Br)s1. The number of amides is 1. The summed E-state index contributed by atoms with van der Waals surface area (Å²) in [5.74, 6) is -0.357. The highest BCUT2D eigenvalue weighted by atomic mass is 79.9. The second kappa shape index (κ2) is 8.35. The van der Waals surface area contributed by atoms with E-state index in [1.165, 1.54) is 30.2 Å². The van der Waals surface area contributed by atoms with Gasteiger partial charge in [0.25, 0.3) is 0 Å².